The maximum Gasteiger partial charge on any atom is 0.132 e. The van der Waals surface area contributed by atoms with Gasteiger partial charge in [0, 0.05) is 45.7 Å². The molecule has 3 fully saturated rings. The number of hydrogen-bond acceptors (Lipinski definition) is 2. The Hall–Kier alpha value is -2.33. The lowest BCUT2D eigenvalue weighted by Crippen LogP contribution is -2.78. The van der Waals surface area contributed by atoms with Gasteiger partial charge in [0.05, 0.1) is 6.04 Å². The van der Waals surface area contributed by atoms with Crippen LogP contribution in [0.15, 0.2) is 36.4 Å². The van der Waals surface area contributed by atoms with E-state index in [1.807, 2.05) is 6.07 Å². The van der Waals surface area contributed by atoms with E-state index in [2.05, 4.69) is 41.1 Å². The van der Waals surface area contributed by atoms with Gasteiger partial charge in [0.15, 0.2) is 0 Å². The number of phenols is 1. The number of aromatic hydroxyl groups is 1. The largest absolute Gasteiger partial charge is 0.508 e. The Morgan fingerprint density at radius 2 is 2.04 bits per heavy atom. The van der Waals surface area contributed by atoms with E-state index in [0.717, 1.165) is 28.8 Å². The lowest BCUT2D eigenvalue weighted by Gasteiger charge is -2.77. The third kappa shape index (κ3) is 1.48. The van der Waals surface area contributed by atoms with E-state index in [0.29, 0.717) is 17.9 Å². The second-order valence-electron chi connectivity index (χ2n) is 9.11. The van der Waals surface area contributed by atoms with E-state index in [4.69, 9.17) is 0 Å². The Kier molecular flexibility index (Phi) is 2.39. The highest BCUT2D eigenvalue weighted by Gasteiger charge is 2.73. The summed E-state index contributed by atoms with van der Waals surface area (Å²) in [4.78, 5) is 6.26. The van der Waals surface area contributed by atoms with Crippen LogP contribution < -0.4 is 0 Å². The van der Waals surface area contributed by atoms with E-state index in [-0.39, 0.29) is 23.1 Å². The van der Waals surface area contributed by atoms with Crippen LogP contribution in [0.4, 0.5) is 4.39 Å². The summed E-state index contributed by atoms with van der Waals surface area (Å²) in [6.45, 7) is 2.30. The molecule has 2 aromatic carbocycles. The Bertz CT molecular complexity index is 1140. The van der Waals surface area contributed by atoms with Gasteiger partial charge in [0.25, 0.3) is 0 Å². The van der Waals surface area contributed by atoms with Gasteiger partial charge in [-0.2, -0.15) is 0 Å². The summed E-state index contributed by atoms with van der Waals surface area (Å²) in [5.41, 5.74) is 5.63. The minimum atomic E-state index is -0.264. The lowest BCUT2D eigenvalue weighted by molar-refractivity contribution is -0.209. The first-order valence-electron chi connectivity index (χ1n) is 9.99. The highest BCUT2D eigenvalue weighted by molar-refractivity contribution is 5.85. The minimum Gasteiger partial charge on any atom is -0.508 e. The summed E-state index contributed by atoms with van der Waals surface area (Å²) >= 11 is 0. The molecular formula is C23H21FN2O. The van der Waals surface area contributed by atoms with Crippen LogP contribution in [0.2, 0.25) is 0 Å². The number of nitrogens with zero attached hydrogens (tertiary/aromatic N) is 1. The van der Waals surface area contributed by atoms with Crippen molar-refractivity contribution in [3.05, 3.63) is 64.6 Å². The number of nitrogens with one attached hydrogen (secondary N) is 1. The van der Waals surface area contributed by atoms with Crippen molar-refractivity contribution in [3.8, 4) is 5.75 Å². The standard InChI is InChI=1S/C23H21FN2O/c1-11-6-15-14-4-2-3-5-18(14)25-21(15)22-19-16(7-13(27)8-17(19)24)20-12-9-23(20,10-12)26(11)22/h2-5,7-8,11-12,20,22,25,27H,6,9-10H2,1H3/t11-,12?,20?,22-,23?/m1/s1. The Morgan fingerprint density at radius 3 is 2.81 bits per heavy atom. The number of benzene rings is 2. The normalized spacial score (nSPS) is 35.5. The molecule has 3 nitrogen and oxygen atoms in total. The molecule has 0 saturated heterocycles. The van der Waals surface area contributed by atoms with Crippen molar-refractivity contribution in [2.24, 2.45) is 5.92 Å². The zero-order chi connectivity index (χ0) is 18.1. The molecule has 1 spiro atoms. The van der Waals surface area contributed by atoms with Crippen LogP contribution in [0, 0.1) is 11.7 Å². The summed E-state index contributed by atoms with van der Waals surface area (Å²) in [6.07, 6.45) is 3.43. The van der Waals surface area contributed by atoms with Gasteiger partial charge in [-0.3, -0.25) is 4.90 Å². The van der Waals surface area contributed by atoms with Crippen LogP contribution in [0.25, 0.3) is 10.9 Å². The molecule has 0 amide bonds. The fourth-order valence-corrected chi connectivity index (χ4v) is 6.98. The number of aromatic nitrogens is 1. The zero-order valence-corrected chi connectivity index (χ0v) is 15.2. The van der Waals surface area contributed by atoms with Crippen LogP contribution >= 0.6 is 0 Å². The molecule has 1 aromatic heterocycles. The van der Waals surface area contributed by atoms with E-state index < -0.39 is 0 Å². The van der Waals surface area contributed by atoms with Crippen molar-refractivity contribution in [1.29, 1.82) is 0 Å². The van der Waals surface area contributed by atoms with Crippen LogP contribution in [0.5, 0.6) is 5.75 Å². The average molecular weight is 360 g/mol. The number of aromatic amines is 1. The number of hydrogen-bond donors (Lipinski definition) is 2. The number of phenolic OH excluding ortho intramolecular Hbond substituents is 1. The first-order chi connectivity index (χ1) is 13.1. The smallest absolute Gasteiger partial charge is 0.132 e. The summed E-state index contributed by atoms with van der Waals surface area (Å²) < 4.78 is 15.2. The van der Waals surface area contributed by atoms with Crippen LogP contribution in [-0.2, 0) is 6.42 Å². The lowest BCUT2D eigenvalue weighted by atomic mass is 9.37. The maximum atomic E-state index is 15.2. The van der Waals surface area contributed by atoms with Gasteiger partial charge in [-0.05, 0) is 55.4 Å². The molecule has 5 aliphatic rings. The molecule has 2 bridgehead atoms. The van der Waals surface area contributed by atoms with Gasteiger partial charge in [-0.1, -0.05) is 18.2 Å². The molecule has 3 aliphatic carbocycles. The van der Waals surface area contributed by atoms with Crippen molar-refractivity contribution in [2.45, 2.75) is 49.7 Å². The summed E-state index contributed by atoms with van der Waals surface area (Å²) in [7, 11) is 0. The fourth-order valence-electron chi connectivity index (χ4n) is 6.98. The molecule has 2 N–H and O–H groups in total. The number of halogens is 1. The van der Waals surface area contributed by atoms with Gasteiger partial charge in [0.2, 0.25) is 0 Å². The van der Waals surface area contributed by atoms with Crippen LogP contribution in [-0.4, -0.2) is 26.6 Å². The van der Waals surface area contributed by atoms with E-state index >= 15 is 4.39 Å². The zero-order valence-electron chi connectivity index (χ0n) is 15.2. The number of fused-ring (bicyclic) bond motifs is 7. The molecule has 0 radical (unpaired) electrons. The van der Waals surface area contributed by atoms with Gasteiger partial charge in [-0.15, -0.1) is 0 Å². The molecule has 8 rings (SSSR count). The van der Waals surface area contributed by atoms with Gasteiger partial charge in [0.1, 0.15) is 11.6 Å². The molecule has 3 atom stereocenters. The molecule has 4 heteroatoms. The summed E-state index contributed by atoms with van der Waals surface area (Å²) in [5, 5.41) is 11.4. The van der Waals surface area contributed by atoms with E-state index in [1.165, 1.54) is 29.9 Å². The summed E-state index contributed by atoms with van der Waals surface area (Å²) in [6, 6.07) is 11.9. The SMILES string of the molecule is C[C@@H]1Cc2c([nH]c3ccccc23)[C@H]2c3c(F)cc(O)cc3C3C4CC3(C4)N21. The molecule has 136 valence electrons. The highest BCUT2D eigenvalue weighted by Crippen LogP contribution is 2.75. The number of H-pyrrole nitrogens is 1. The average Bonchev–Trinajstić information content (AvgIpc) is 2.92. The Morgan fingerprint density at radius 1 is 1.22 bits per heavy atom. The van der Waals surface area contributed by atoms with Crippen molar-refractivity contribution < 1.29 is 9.50 Å². The van der Waals surface area contributed by atoms with Crippen LogP contribution in [0.1, 0.15) is 54.1 Å². The first kappa shape index (κ1) is 14.7. The third-order valence-corrected chi connectivity index (χ3v) is 7.92. The molecule has 3 aromatic rings. The second-order valence-corrected chi connectivity index (χ2v) is 9.11. The van der Waals surface area contributed by atoms with E-state index in [9.17, 15) is 5.11 Å². The van der Waals surface area contributed by atoms with Gasteiger partial charge < -0.3 is 10.1 Å². The first-order valence-corrected chi connectivity index (χ1v) is 9.99. The number of rotatable bonds is 0. The predicted octanol–water partition coefficient (Wildman–Crippen LogP) is 4.61. The Labute approximate surface area is 156 Å². The second kappa shape index (κ2) is 4.39. The molecule has 1 unspecified atom stereocenters. The molecule has 27 heavy (non-hydrogen) atoms. The quantitative estimate of drug-likeness (QED) is 0.615. The molecular weight excluding hydrogens is 339 g/mol. The van der Waals surface area contributed by atoms with E-state index in [1.54, 1.807) is 0 Å². The Balaban J connectivity index is 1.57. The van der Waals surface area contributed by atoms with Crippen molar-refractivity contribution in [1.82, 2.24) is 9.88 Å². The maximum absolute atomic E-state index is 15.2. The van der Waals surface area contributed by atoms with Crippen molar-refractivity contribution >= 4 is 10.9 Å². The van der Waals surface area contributed by atoms with Crippen LogP contribution in [0.3, 0.4) is 0 Å². The summed E-state index contributed by atoms with van der Waals surface area (Å²) in [5.74, 6) is 0.836. The predicted molar refractivity (Wildman–Crippen MR) is 101 cm³/mol. The van der Waals surface area contributed by atoms with Crippen molar-refractivity contribution in [2.75, 3.05) is 0 Å². The molecule has 3 saturated carbocycles. The number of para-hydroxylation sites is 1. The molecule has 3 heterocycles. The molecule has 2 aliphatic heterocycles. The third-order valence-electron chi connectivity index (χ3n) is 7.92. The fraction of sp³-hybridized carbons (Fsp3) is 0.391. The van der Waals surface area contributed by atoms with Crippen molar-refractivity contribution in [3.63, 3.8) is 0 Å². The highest BCUT2D eigenvalue weighted by atomic mass is 19.1. The van der Waals surface area contributed by atoms with Gasteiger partial charge in [-0.25, -0.2) is 4.39 Å². The topological polar surface area (TPSA) is 39.3 Å². The van der Waals surface area contributed by atoms with Gasteiger partial charge >= 0.3 is 0 Å². The monoisotopic (exact) mass is 360 g/mol. The minimum absolute atomic E-state index is 0.0573.